The number of carbonyl (C=O) groups is 1. The number of hydrogen-bond acceptors (Lipinski definition) is 5. The van der Waals surface area contributed by atoms with E-state index in [0.717, 1.165) is 0 Å². The summed E-state index contributed by atoms with van der Waals surface area (Å²) in [4.78, 5) is 19.4. The molecule has 0 saturated carbocycles. The predicted octanol–water partition coefficient (Wildman–Crippen LogP) is 1.36. The molecule has 1 N–H and O–H groups in total. The number of nitrogens with zero attached hydrogens (tertiary/aromatic N) is 3. The van der Waals surface area contributed by atoms with Gasteiger partial charge < -0.3 is 9.84 Å². The number of rotatable bonds is 3. The third-order valence-electron chi connectivity index (χ3n) is 1.96. The molecule has 88 valence electrons. The standard InChI is InChI=1S/C10H9ClN4O2/c1-6-14-9(17-15-6)5-13-10(16)7-2-3-8(11)12-4-7/h2-4H,5H2,1H3,(H,13,16). The van der Waals surface area contributed by atoms with Gasteiger partial charge in [0.25, 0.3) is 5.91 Å². The zero-order chi connectivity index (χ0) is 12.3. The Labute approximate surface area is 102 Å². The highest BCUT2D eigenvalue weighted by Crippen LogP contribution is 2.05. The Bertz CT molecular complexity index is 523. The van der Waals surface area contributed by atoms with E-state index < -0.39 is 0 Å². The molecule has 2 aromatic rings. The van der Waals surface area contributed by atoms with Crippen molar-refractivity contribution in [2.24, 2.45) is 0 Å². The molecule has 0 radical (unpaired) electrons. The normalized spacial score (nSPS) is 10.2. The zero-order valence-electron chi connectivity index (χ0n) is 8.98. The van der Waals surface area contributed by atoms with E-state index in [1.54, 1.807) is 19.1 Å². The summed E-state index contributed by atoms with van der Waals surface area (Å²) in [5.41, 5.74) is 0.422. The number of halogens is 1. The van der Waals surface area contributed by atoms with Crippen molar-refractivity contribution in [3.63, 3.8) is 0 Å². The lowest BCUT2D eigenvalue weighted by molar-refractivity contribution is 0.0946. The molecule has 2 rings (SSSR count). The fraction of sp³-hybridized carbons (Fsp3) is 0.200. The number of aromatic nitrogens is 3. The van der Waals surface area contributed by atoms with E-state index in [1.165, 1.54) is 6.20 Å². The summed E-state index contributed by atoms with van der Waals surface area (Å²) in [5.74, 6) is 0.616. The molecule has 0 atom stereocenters. The smallest absolute Gasteiger partial charge is 0.253 e. The van der Waals surface area contributed by atoms with Crippen molar-refractivity contribution in [1.82, 2.24) is 20.4 Å². The first-order chi connectivity index (χ1) is 8.15. The summed E-state index contributed by atoms with van der Waals surface area (Å²) in [6.07, 6.45) is 1.40. The van der Waals surface area contributed by atoms with Crippen molar-refractivity contribution in [1.29, 1.82) is 0 Å². The van der Waals surface area contributed by atoms with Gasteiger partial charge in [-0.1, -0.05) is 16.8 Å². The molecule has 0 aliphatic heterocycles. The molecule has 0 aromatic carbocycles. The van der Waals surface area contributed by atoms with Crippen molar-refractivity contribution in [3.8, 4) is 0 Å². The fourth-order valence-corrected chi connectivity index (χ4v) is 1.29. The highest BCUT2D eigenvalue weighted by atomic mass is 35.5. The summed E-state index contributed by atoms with van der Waals surface area (Å²) >= 11 is 5.62. The molecule has 2 heterocycles. The second kappa shape index (κ2) is 4.92. The summed E-state index contributed by atoms with van der Waals surface area (Å²) in [6, 6.07) is 3.14. The number of pyridine rings is 1. The van der Waals surface area contributed by atoms with Crippen LogP contribution < -0.4 is 5.32 Å². The molecule has 0 aliphatic rings. The van der Waals surface area contributed by atoms with Gasteiger partial charge in [0.1, 0.15) is 5.15 Å². The summed E-state index contributed by atoms with van der Waals surface area (Å²) in [6.45, 7) is 1.89. The van der Waals surface area contributed by atoms with Gasteiger partial charge in [-0.25, -0.2) is 4.98 Å². The highest BCUT2D eigenvalue weighted by molar-refractivity contribution is 6.29. The Morgan fingerprint density at radius 1 is 1.53 bits per heavy atom. The van der Waals surface area contributed by atoms with Gasteiger partial charge in [-0.2, -0.15) is 4.98 Å². The summed E-state index contributed by atoms with van der Waals surface area (Å²) in [7, 11) is 0. The van der Waals surface area contributed by atoms with E-state index in [4.69, 9.17) is 16.1 Å². The molecule has 7 heteroatoms. The molecule has 0 spiro atoms. The molecule has 0 saturated heterocycles. The van der Waals surface area contributed by atoms with Crippen molar-refractivity contribution < 1.29 is 9.32 Å². The van der Waals surface area contributed by atoms with E-state index in [1.807, 2.05) is 0 Å². The Kier molecular flexibility index (Phi) is 3.34. The van der Waals surface area contributed by atoms with Crippen LogP contribution in [0.1, 0.15) is 22.1 Å². The lowest BCUT2D eigenvalue weighted by Gasteiger charge is -2.01. The second-order valence-corrected chi connectivity index (χ2v) is 3.67. The maximum absolute atomic E-state index is 11.7. The molecular formula is C10H9ClN4O2. The quantitative estimate of drug-likeness (QED) is 0.834. The Morgan fingerprint density at radius 3 is 2.94 bits per heavy atom. The molecule has 2 aromatic heterocycles. The summed E-state index contributed by atoms with van der Waals surface area (Å²) < 4.78 is 4.86. The lowest BCUT2D eigenvalue weighted by atomic mass is 10.3. The van der Waals surface area contributed by atoms with Gasteiger partial charge >= 0.3 is 0 Å². The van der Waals surface area contributed by atoms with E-state index >= 15 is 0 Å². The van der Waals surface area contributed by atoms with Crippen LogP contribution in [-0.2, 0) is 6.54 Å². The van der Waals surface area contributed by atoms with Crippen molar-refractivity contribution in [2.45, 2.75) is 13.5 Å². The van der Waals surface area contributed by atoms with Gasteiger partial charge in [0.15, 0.2) is 5.82 Å². The maximum atomic E-state index is 11.7. The minimum atomic E-state index is -0.273. The number of aryl methyl sites for hydroxylation is 1. The third-order valence-corrected chi connectivity index (χ3v) is 2.18. The number of amides is 1. The van der Waals surface area contributed by atoms with E-state index in [-0.39, 0.29) is 12.5 Å². The summed E-state index contributed by atoms with van der Waals surface area (Å²) in [5, 5.41) is 6.58. The van der Waals surface area contributed by atoms with Crippen LogP contribution in [0.5, 0.6) is 0 Å². The first kappa shape index (κ1) is 11.5. The average Bonchev–Trinajstić information content (AvgIpc) is 2.73. The molecular weight excluding hydrogens is 244 g/mol. The largest absolute Gasteiger partial charge is 0.343 e. The highest BCUT2D eigenvalue weighted by Gasteiger charge is 2.08. The minimum Gasteiger partial charge on any atom is -0.343 e. The van der Waals surface area contributed by atoms with Crippen LogP contribution in [0.15, 0.2) is 22.9 Å². The van der Waals surface area contributed by atoms with Gasteiger partial charge in [-0.3, -0.25) is 4.79 Å². The SMILES string of the molecule is Cc1noc(CNC(=O)c2ccc(Cl)nc2)n1. The van der Waals surface area contributed by atoms with Crippen molar-refractivity contribution >= 4 is 17.5 Å². The molecule has 0 fully saturated rings. The molecule has 0 aliphatic carbocycles. The van der Waals surface area contributed by atoms with Gasteiger partial charge in [-0.05, 0) is 19.1 Å². The third kappa shape index (κ3) is 3.01. The van der Waals surface area contributed by atoms with Gasteiger partial charge in [0.2, 0.25) is 5.89 Å². The first-order valence-electron chi connectivity index (χ1n) is 4.84. The van der Waals surface area contributed by atoms with Crippen molar-refractivity contribution in [2.75, 3.05) is 0 Å². The average molecular weight is 253 g/mol. The topological polar surface area (TPSA) is 80.9 Å². The van der Waals surface area contributed by atoms with E-state index in [0.29, 0.717) is 22.4 Å². The number of nitrogens with one attached hydrogen (secondary N) is 1. The predicted molar refractivity (Wildman–Crippen MR) is 59.5 cm³/mol. The molecule has 1 amide bonds. The van der Waals surface area contributed by atoms with Gasteiger partial charge in [-0.15, -0.1) is 0 Å². The van der Waals surface area contributed by atoms with E-state index in [2.05, 4.69) is 20.4 Å². The monoisotopic (exact) mass is 252 g/mol. The van der Waals surface area contributed by atoms with Gasteiger partial charge in [0, 0.05) is 6.20 Å². The number of hydrogen-bond donors (Lipinski definition) is 1. The Hall–Kier alpha value is -1.95. The van der Waals surface area contributed by atoms with Crippen molar-refractivity contribution in [3.05, 3.63) is 40.8 Å². The fourth-order valence-electron chi connectivity index (χ4n) is 1.18. The molecule has 0 unspecified atom stereocenters. The Morgan fingerprint density at radius 2 is 2.35 bits per heavy atom. The van der Waals surface area contributed by atoms with E-state index in [9.17, 15) is 4.79 Å². The maximum Gasteiger partial charge on any atom is 0.253 e. The second-order valence-electron chi connectivity index (χ2n) is 3.29. The Balaban J connectivity index is 1.95. The molecule has 6 nitrogen and oxygen atoms in total. The van der Waals surface area contributed by atoms with Crippen LogP contribution in [0.25, 0.3) is 0 Å². The number of carbonyl (C=O) groups excluding carboxylic acids is 1. The van der Waals surface area contributed by atoms with Crippen LogP contribution in [0.4, 0.5) is 0 Å². The minimum absolute atomic E-state index is 0.183. The van der Waals surface area contributed by atoms with Crippen LogP contribution in [0.3, 0.4) is 0 Å². The van der Waals surface area contributed by atoms with Gasteiger partial charge in [0.05, 0.1) is 12.1 Å². The van der Waals surface area contributed by atoms with Crippen LogP contribution in [0.2, 0.25) is 5.15 Å². The van der Waals surface area contributed by atoms with Crippen LogP contribution in [-0.4, -0.2) is 21.0 Å². The first-order valence-corrected chi connectivity index (χ1v) is 5.22. The lowest BCUT2D eigenvalue weighted by Crippen LogP contribution is -2.23. The van der Waals surface area contributed by atoms with Crippen LogP contribution in [0, 0.1) is 6.92 Å². The molecule has 0 bridgehead atoms. The zero-order valence-corrected chi connectivity index (χ0v) is 9.73. The molecule has 17 heavy (non-hydrogen) atoms. The van der Waals surface area contributed by atoms with Crippen LogP contribution >= 0.6 is 11.6 Å².